The van der Waals surface area contributed by atoms with Gasteiger partial charge in [0, 0.05) is 12.0 Å². The number of carbonyl (C=O) groups is 3. The molecule has 1 aliphatic heterocycles. The maximum Gasteiger partial charge on any atom is 0.407 e. The molecule has 1 saturated heterocycles. The first-order chi connectivity index (χ1) is 13.1. The summed E-state index contributed by atoms with van der Waals surface area (Å²) in [6.45, 7) is 11.9. The van der Waals surface area contributed by atoms with Crippen molar-refractivity contribution >= 4 is 25.6 Å². The molecule has 0 bridgehead atoms. The molecule has 3 atom stereocenters. The summed E-state index contributed by atoms with van der Waals surface area (Å²) in [5, 5.41) is 14.3. The molecule has 3 N–H and O–H groups in total. The van der Waals surface area contributed by atoms with Gasteiger partial charge < -0.3 is 15.2 Å². The van der Waals surface area contributed by atoms with Crippen LogP contribution in [0.2, 0.25) is 0 Å². The third kappa shape index (κ3) is 8.04. The monoisotopic (exact) mass is 436 g/mol. The molecule has 10 nitrogen and oxygen atoms in total. The van der Waals surface area contributed by atoms with Gasteiger partial charge in [-0.25, -0.2) is 9.65 Å². The van der Waals surface area contributed by atoms with Gasteiger partial charge in [0.25, 0.3) is 0 Å². The van der Waals surface area contributed by atoms with Crippen LogP contribution in [0.5, 0.6) is 0 Å². The minimum Gasteiger partial charge on any atom is -0.480 e. The topological polar surface area (TPSA) is 140 Å². The Morgan fingerprint density at radius 1 is 1.28 bits per heavy atom. The van der Waals surface area contributed by atoms with Crippen LogP contribution in [0.1, 0.15) is 54.9 Å². The number of hydrogen-bond donors (Lipinski definition) is 3. The highest BCUT2D eigenvalue weighted by molar-refractivity contribution is 7.51. The summed E-state index contributed by atoms with van der Waals surface area (Å²) in [5.74, 6) is -2.62. The lowest BCUT2D eigenvalue weighted by atomic mass is 9.87. The van der Waals surface area contributed by atoms with Gasteiger partial charge in [-0.05, 0) is 26.7 Å². The molecule has 1 amide bonds. The highest BCUT2D eigenvalue weighted by Gasteiger charge is 2.49. The van der Waals surface area contributed by atoms with Gasteiger partial charge in [-0.3, -0.25) is 23.4 Å². The van der Waals surface area contributed by atoms with E-state index < -0.39 is 48.8 Å². The predicted molar refractivity (Wildman–Crippen MR) is 105 cm³/mol. The quantitative estimate of drug-likeness (QED) is 0.385. The Labute approximate surface area is 171 Å². The molecule has 0 saturated carbocycles. The van der Waals surface area contributed by atoms with Gasteiger partial charge in [0.15, 0.2) is 6.10 Å². The second-order valence-corrected chi connectivity index (χ2v) is 10.8. The highest BCUT2D eigenvalue weighted by atomic mass is 31.2. The highest BCUT2D eigenvalue weighted by Crippen LogP contribution is 2.53. The van der Waals surface area contributed by atoms with E-state index in [2.05, 4.69) is 10.4 Å². The summed E-state index contributed by atoms with van der Waals surface area (Å²) >= 11 is 0. The van der Waals surface area contributed by atoms with E-state index >= 15 is 0 Å². The number of carboxylic acid groups (broad SMARTS) is 1. The summed E-state index contributed by atoms with van der Waals surface area (Å²) in [6, 6.07) is -1.17. The molecule has 29 heavy (non-hydrogen) atoms. The Morgan fingerprint density at radius 2 is 1.86 bits per heavy atom. The average molecular weight is 436 g/mol. The average Bonchev–Trinajstić information content (AvgIpc) is 2.53. The van der Waals surface area contributed by atoms with Crippen LogP contribution in [0, 0.1) is 11.3 Å². The van der Waals surface area contributed by atoms with Crippen molar-refractivity contribution in [2.24, 2.45) is 11.3 Å². The Kier molecular flexibility index (Phi) is 8.42. The van der Waals surface area contributed by atoms with Crippen LogP contribution in [-0.4, -0.2) is 53.9 Å². The number of rotatable bonds is 8. The van der Waals surface area contributed by atoms with Crippen LogP contribution < -0.4 is 10.4 Å². The first kappa shape index (κ1) is 25.6. The van der Waals surface area contributed by atoms with Crippen molar-refractivity contribution in [2.45, 2.75) is 72.6 Å². The second-order valence-electron chi connectivity index (χ2n) is 9.06. The molecule has 168 valence electrons. The molecule has 1 aliphatic rings. The molecule has 0 spiro atoms. The predicted octanol–water partition coefficient (Wildman–Crippen LogP) is 2.08. The number of carbonyl (C=O) groups excluding carboxylic acids is 2. The van der Waals surface area contributed by atoms with Gasteiger partial charge in [-0.2, -0.15) is 0 Å². The number of esters is 1. The number of carboxylic acids is 1. The van der Waals surface area contributed by atoms with Gasteiger partial charge in [-0.1, -0.05) is 27.7 Å². The summed E-state index contributed by atoms with van der Waals surface area (Å²) < 4.78 is 28.8. The lowest BCUT2D eigenvalue weighted by Crippen LogP contribution is -2.52. The third-order valence-corrected chi connectivity index (χ3v) is 5.63. The Balaban J connectivity index is 2.77. The van der Waals surface area contributed by atoms with E-state index in [1.165, 1.54) is 0 Å². The molecule has 0 aliphatic carbocycles. The fourth-order valence-corrected chi connectivity index (χ4v) is 4.65. The van der Waals surface area contributed by atoms with Crippen LogP contribution in [0.3, 0.4) is 0 Å². The molecule has 0 aromatic rings. The van der Waals surface area contributed by atoms with Gasteiger partial charge >= 0.3 is 19.7 Å². The first-order valence-electron chi connectivity index (χ1n) is 9.49. The lowest BCUT2D eigenvalue weighted by molar-refractivity contribution is -0.154. The van der Waals surface area contributed by atoms with Crippen molar-refractivity contribution in [3.05, 3.63) is 0 Å². The van der Waals surface area contributed by atoms with Gasteiger partial charge in [0.1, 0.15) is 11.6 Å². The zero-order valence-electron chi connectivity index (χ0n) is 18.1. The fraction of sp³-hybridized carbons (Fsp3) is 0.833. The van der Waals surface area contributed by atoms with E-state index in [-0.39, 0.29) is 25.5 Å². The standard InChI is InChI=1S/C18H33N2O8P/c1-11(2)13(16(23)24)20-29(25)26-10-18(6,7)14(28-29)15(22)19-9-8-12(21)27-17(3,4)5/h11,13-14H,8-10H2,1-7H3,(H,19,22)(H,20,25)(H,23,24)/t13?,14-,29?/m0/s1. The molecule has 1 fully saturated rings. The molecular weight excluding hydrogens is 403 g/mol. The van der Waals surface area contributed by atoms with E-state index in [9.17, 15) is 24.1 Å². The molecule has 1 rings (SSSR count). The van der Waals surface area contributed by atoms with E-state index in [1.807, 2.05) is 0 Å². The second kappa shape index (κ2) is 9.55. The molecule has 1 heterocycles. The maximum atomic E-state index is 12.9. The van der Waals surface area contributed by atoms with Gasteiger partial charge in [0.05, 0.1) is 13.0 Å². The van der Waals surface area contributed by atoms with Crippen LogP contribution >= 0.6 is 7.75 Å². The van der Waals surface area contributed by atoms with Crippen molar-refractivity contribution in [1.29, 1.82) is 0 Å². The van der Waals surface area contributed by atoms with Gasteiger partial charge in [-0.15, -0.1) is 0 Å². The first-order valence-corrected chi connectivity index (χ1v) is 11.0. The number of amides is 1. The van der Waals surface area contributed by atoms with Crippen molar-refractivity contribution < 1.29 is 37.8 Å². The zero-order valence-corrected chi connectivity index (χ0v) is 19.0. The van der Waals surface area contributed by atoms with Crippen molar-refractivity contribution in [2.75, 3.05) is 13.2 Å². The Morgan fingerprint density at radius 3 is 2.34 bits per heavy atom. The third-order valence-electron chi connectivity index (χ3n) is 4.08. The Bertz CT molecular complexity index is 671. The van der Waals surface area contributed by atoms with E-state index in [1.54, 1.807) is 48.5 Å². The molecule has 0 radical (unpaired) electrons. The van der Waals surface area contributed by atoms with E-state index in [0.717, 1.165) is 0 Å². The molecule has 0 aromatic carbocycles. The van der Waals surface area contributed by atoms with E-state index in [4.69, 9.17) is 13.8 Å². The van der Waals surface area contributed by atoms with E-state index in [0.29, 0.717) is 0 Å². The number of hydrogen-bond acceptors (Lipinski definition) is 7. The van der Waals surface area contributed by atoms with Gasteiger partial charge in [0.2, 0.25) is 5.91 Å². The Hall–Kier alpha value is -1.48. The van der Waals surface area contributed by atoms with Crippen molar-refractivity contribution in [3.63, 3.8) is 0 Å². The summed E-state index contributed by atoms with van der Waals surface area (Å²) in [5.41, 5.74) is -1.44. The van der Waals surface area contributed by atoms with Crippen LogP contribution in [0.25, 0.3) is 0 Å². The SMILES string of the molecule is CC(C)C(NP1(=O)OCC(C)(C)[C@H](C(=O)NCCC(=O)OC(C)(C)C)O1)C(=O)O. The largest absolute Gasteiger partial charge is 0.480 e. The van der Waals surface area contributed by atoms with Crippen LogP contribution in [0.4, 0.5) is 0 Å². The van der Waals surface area contributed by atoms with Crippen molar-refractivity contribution in [3.8, 4) is 0 Å². The zero-order chi connectivity index (χ0) is 22.6. The summed E-state index contributed by atoms with van der Waals surface area (Å²) in [4.78, 5) is 35.8. The normalized spacial score (nSPS) is 25.3. The van der Waals surface area contributed by atoms with Crippen LogP contribution in [0.15, 0.2) is 0 Å². The number of aliphatic carboxylic acids is 1. The molecule has 11 heteroatoms. The minimum absolute atomic E-state index is 0.0199. The number of ether oxygens (including phenoxy) is 1. The molecule has 2 unspecified atom stereocenters. The summed E-state index contributed by atoms with van der Waals surface area (Å²) in [7, 11) is -4.03. The number of nitrogens with one attached hydrogen (secondary N) is 2. The van der Waals surface area contributed by atoms with Crippen molar-refractivity contribution in [1.82, 2.24) is 10.4 Å². The molecular formula is C18H33N2O8P. The summed E-state index contributed by atoms with van der Waals surface area (Å²) in [6.07, 6.45) is -1.19. The fourth-order valence-electron chi connectivity index (χ4n) is 2.54. The van der Waals surface area contributed by atoms with Crippen LogP contribution in [-0.2, 0) is 32.7 Å². The molecule has 0 aromatic heterocycles. The maximum absolute atomic E-state index is 12.9. The minimum atomic E-state index is -4.03. The lowest BCUT2D eigenvalue weighted by Gasteiger charge is -2.41. The smallest absolute Gasteiger partial charge is 0.407 e.